The fraction of sp³-hybridized carbons (Fsp3) is 0.368. The van der Waals surface area contributed by atoms with Crippen LogP contribution in [-0.4, -0.2) is 37.1 Å². The van der Waals surface area contributed by atoms with E-state index in [1.807, 2.05) is 6.07 Å². The van der Waals surface area contributed by atoms with E-state index in [1.165, 1.54) is 0 Å². The number of hydrogen-bond donors (Lipinski definition) is 0. The predicted molar refractivity (Wildman–Crippen MR) is 99.5 cm³/mol. The van der Waals surface area contributed by atoms with Crippen LogP contribution in [0.2, 0.25) is 0 Å². The van der Waals surface area contributed by atoms with Gasteiger partial charge in [0.2, 0.25) is 0 Å². The Morgan fingerprint density at radius 2 is 1.67 bits per heavy atom. The number of benzene rings is 1. The van der Waals surface area contributed by atoms with Crippen molar-refractivity contribution in [1.82, 2.24) is 0 Å². The lowest BCUT2D eigenvalue weighted by Gasteiger charge is -2.13. The second kappa shape index (κ2) is 12.0. The number of carbonyl (C=O) groups excluding carboxylic acids is 4. The van der Waals surface area contributed by atoms with E-state index >= 15 is 0 Å². The Bertz CT molecular complexity index is 712. The monoisotopic (exact) mass is 440 g/mol. The SMILES string of the molecule is CCOC(=O)/C=C\C(=O)OCC(CC)C(=O)OC(=O)Cc1ccccc1Br. The molecular formula is C19H21BrO7. The van der Waals surface area contributed by atoms with Crippen LogP contribution >= 0.6 is 15.9 Å². The lowest BCUT2D eigenvalue weighted by molar-refractivity contribution is -0.164. The molecule has 146 valence electrons. The summed E-state index contributed by atoms with van der Waals surface area (Å²) < 4.78 is 15.1. The van der Waals surface area contributed by atoms with E-state index in [2.05, 4.69) is 20.7 Å². The molecule has 1 aromatic carbocycles. The van der Waals surface area contributed by atoms with E-state index in [4.69, 9.17) is 9.47 Å². The van der Waals surface area contributed by atoms with Gasteiger partial charge in [0, 0.05) is 16.6 Å². The standard InChI is InChI=1S/C19H21BrO7/c1-3-13(12-26-17(22)10-9-16(21)25-4-2)19(24)27-18(23)11-14-7-5-6-8-15(14)20/h5-10,13H,3-4,11-12H2,1-2H3/b10-9-. The highest BCUT2D eigenvalue weighted by molar-refractivity contribution is 9.10. The van der Waals surface area contributed by atoms with Gasteiger partial charge in [0.15, 0.2) is 0 Å². The van der Waals surface area contributed by atoms with Crippen LogP contribution in [0.3, 0.4) is 0 Å². The molecule has 1 atom stereocenters. The number of rotatable bonds is 9. The lowest BCUT2D eigenvalue weighted by Crippen LogP contribution is -2.26. The Morgan fingerprint density at radius 3 is 2.26 bits per heavy atom. The minimum atomic E-state index is -0.797. The van der Waals surface area contributed by atoms with Crippen molar-refractivity contribution in [3.63, 3.8) is 0 Å². The quantitative estimate of drug-likeness (QED) is 0.252. The van der Waals surface area contributed by atoms with Crippen molar-refractivity contribution in [3.8, 4) is 0 Å². The third kappa shape index (κ3) is 8.63. The molecule has 0 aromatic heterocycles. The molecule has 0 heterocycles. The van der Waals surface area contributed by atoms with Gasteiger partial charge in [0.05, 0.1) is 18.9 Å². The molecule has 0 aliphatic heterocycles. The molecular weight excluding hydrogens is 420 g/mol. The van der Waals surface area contributed by atoms with Crippen LogP contribution in [0.4, 0.5) is 0 Å². The van der Waals surface area contributed by atoms with E-state index in [9.17, 15) is 19.2 Å². The summed E-state index contributed by atoms with van der Waals surface area (Å²) >= 11 is 3.32. The molecule has 0 radical (unpaired) electrons. The molecule has 0 saturated carbocycles. The fourth-order valence-electron chi connectivity index (χ4n) is 1.94. The Hall–Kier alpha value is -2.48. The van der Waals surface area contributed by atoms with Gasteiger partial charge < -0.3 is 14.2 Å². The molecule has 0 bridgehead atoms. The third-order valence-electron chi connectivity index (χ3n) is 3.40. The highest BCUT2D eigenvalue weighted by Gasteiger charge is 2.23. The van der Waals surface area contributed by atoms with E-state index in [-0.39, 0.29) is 19.6 Å². The maximum Gasteiger partial charge on any atom is 0.331 e. The molecule has 0 fully saturated rings. The number of halogens is 1. The minimum Gasteiger partial charge on any atom is -0.463 e. The maximum atomic E-state index is 12.1. The molecule has 0 spiro atoms. The van der Waals surface area contributed by atoms with Crippen LogP contribution in [0.25, 0.3) is 0 Å². The minimum absolute atomic E-state index is 0.0638. The Morgan fingerprint density at radius 1 is 1.04 bits per heavy atom. The van der Waals surface area contributed by atoms with E-state index < -0.39 is 29.8 Å². The van der Waals surface area contributed by atoms with Gasteiger partial charge in [-0.3, -0.25) is 9.59 Å². The second-order valence-corrected chi connectivity index (χ2v) is 6.24. The van der Waals surface area contributed by atoms with Crippen molar-refractivity contribution in [1.29, 1.82) is 0 Å². The molecule has 1 unspecified atom stereocenters. The van der Waals surface area contributed by atoms with Crippen molar-refractivity contribution < 1.29 is 33.4 Å². The van der Waals surface area contributed by atoms with Crippen molar-refractivity contribution in [2.45, 2.75) is 26.7 Å². The largest absolute Gasteiger partial charge is 0.463 e. The molecule has 1 rings (SSSR count). The molecule has 0 amide bonds. The topological polar surface area (TPSA) is 96.0 Å². The van der Waals surface area contributed by atoms with E-state index in [0.29, 0.717) is 12.0 Å². The van der Waals surface area contributed by atoms with Gasteiger partial charge in [-0.2, -0.15) is 0 Å². The van der Waals surface area contributed by atoms with Crippen LogP contribution in [0, 0.1) is 5.92 Å². The second-order valence-electron chi connectivity index (χ2n) is 5.38. The smallest absolute Gasteiger partial charge is 0.331 e. The first-order valence-corrected chi connectivity index (χ1v) is 9.16. The zero-order chi connectivity index (χ0) is 20.2. The summed E-state index contributed by atoms with van der Waals surface area (Å²) in [6.45, 7) is 3.27. The number of ether oxygens (including phenoxy) is 3. The van der Waals surface area contributed by atoms with Gasteiger partial charge in [-0.15, -0.1) is 0 Å². The van der Waals surface area contributed by atoms with Crippen LogP contribution in [-0.2, 0) is 39.8 Å². The normalized spacial score (nSPS) is 11.7. The zero-order valence-corrected chi connectivity index (χ0v) is 16.7. The zero-order valence-electron chi connectivity index (χ0n) is 15.1. The van der Waals surface area contributed by atoms with Crippen molar-refractivity contribution >= 4 is 39.8 Å². The van der Waals surface area contributed by atoms with E-state index in [1.54, 1.807) is 32.0 Å². The molecule has 0 aliphatic carbocycles. The summed E-state index contributed by atoms with van der Waals surface area (Å²) in [5.41, 5.74) is 0.693. The maximum absolute atomic E-state index is 12.1. The average molecular weight is 441 g/mol. The summed E-state index contributed by atoms with van der Waals surface area (Å²) in [5.74, 6) is -3.71. The lowest BCUT2D eigenvalue weighted by atomic mass is 10.1. The molecule has 1 aromatic rings. The summed E-state index contributed by atoms with van der Waals surface area (Å²) in [6.07, 6.45) is 2.10. The van der Waals surface area contributed by atoms with E-state index in [0.717, 1.165) is 16.6 Å². The fourth-order valence-corrected chi connectivity index (χ4v) is 2.36. The number of hydrogen-bond acceptors (Lipinski definition) is 7. The number of carbonyl (C=O) groups is 4. The van der Waals surface area contributed by atoms with Gasteiger partial charge >= 0.3 is 23.9 Å². The molecule has 0 aliphatic rings. The van der Waals surface area contributed by atoms with Gasteiger partial charge in [-0.1, -0.05) is 41.1 Å². The average Bonchev–Trinajstić information content (AvgIpc) is 2.62. The van der Waals surface area contributed by atoms with Crippen LogP contribution in [0.15, 0.2) is 40.9 Å². The highest BCUT2D eigenvalue weighted by atomic mass is 79.9. The first-order chi connectivity index (χ1) is 12.9. The van der Waals surface area contributed by atoms with Gasteiger partial charge in [-0.25, -0.2) is 9.59 Å². The van der Waals surface area contributed by atoms with Gasteiger partial charge in [0.1, 0.15) is 6.61 Å². The molecule has 7 nitrogen and oxygen atoms in total. The third-order valence-corrected chi connectivity index (χ3v) is 4.18. The number of esters is 4. The van der Waals surface area contributed by atoms with Crippen molar-refractivity contribution in [2.75, 3.05) is 13.2 Å². The van der Waals surface area contributed by atoms with Crippen molar-refractivity contribution in [2.24, 2.45) is 5.92 Å². The summed E-state index contributed by atoms with van der Waals surface area (Å²) in [5, 5.41) is 0. The first-order valence-electron chi connectivity index (χ1n) is 8.36. The Kier molecular flexibility index (Phi) is 10.0. The van der Waals surface area contributed by atoms with Crippen LogP contribution < -0.4 is 0 Å². The van der Waals surface area contributed by atoms with Crippen molar-refractivity contribution in [3.05, 3.63) is 46.5 Å². The summed E-state index contributed by atoms with van der Waals surface area (Å²) in [4.78, 5) is 46.7. The van der Waals surface area contributed by atoms with Gasteiger partial charge in [-0.05, 0) is 25.0 Å². The summed E-state index contributed by atoms with van der Waals surface area (Å²) in [7, 11) is 0. The van der Waals surface area contributed by atoms with Gasteiger partial charge in [0.25, 0.3) is 0 Å². The summed E-state index contributed by atoms with van der Waals surface area (Å²) in [6, 6.07) is 7.10. The Labute approximate surface area is 165 Å². The van der Waals surface area contributed by atoms with Crippen LogP contribution in [0.1, 0.15) is 25.8 Å². The molecule has 0 N–H and O–H groups in total. The predicted octanol–water partition coefficient (Wildman–Crippen LogP) is 2.75. The molecule has 27 heavy (non-hydrogen) atoms. The Balaban J connectivity index is 2.49. The highest BCUT2D eigenvalue weighted by Crippen LogP contribution is 2.17. The molecule has 8 heteroatoms. The molecule has 0 saturated heterocycles. The van der Waals surface area contributed by atoms with Crippen LogP contribution in [0.5, 0.6) is 0 Å². The first kappa shape index (κ1) is 22.6.